The number of nitrogens with zero attached hydrogens (tertiary/aromatic N) is 1. The van der Waals surface area contributed by atoms with Gasteiger partial charge in [0.1, 0.15) is 0 Å². The molecular weight excluding hydrogens is 194 g/mol. The Morgan fingerprint density at radius 2 is 2.14 bits per heavy atom. The minimum atomic E-state index is 0.508. The molecule has 1 aliphatic rings. The van der Waals surface area contributed by atoms with Crippen molar-refractivity contribution in [2.24, 2.45) is 0 Å². The van der Waals surface area contributed by atoms with E-state index in [1.165, 1.54) is 18.5 Å². The van der Waals surface area contributed by atoms with Gasteiger partial charge in [-0.2, -0.15) is 0 Å². The molecule has 0 radical (unpaired) electrons. The van der Waals surface area contributed by atoms with Crippen molar-refractivity contribution in [3.05, 3.63) is 35.9 Å². The maximum absolute atomic E-state index is 5.89. The second-order valence-electron chi connectivity index (χ2n) is 3.92. The van der Waals surface area contributed by atoms with Crippen LogP contribution < -0.4 is 0 Å². The summed E-state index contributed by atoms with van der Waals surface area (Å²) in [4.78, 5) is 2.47. The molecule has 14 heavy (non-hydrogen) atoms. The minimum absolute atomic E-state index is 0.508. The van der Waals surface area contributed by atoms with E-state index < -0.39 is 0 Å². The second kappa shape index (κ2) is 4.33. The van der Waals surface area contributed by atoms with Crippen molar-refractivity contribution in [2.45, 2.75) is 25.4 Å². The van der Waals surface area contributed by atoms with E-state index in [0.29, 0.717) is 12.1 Å². The average Bonchev–Trinajstić information content (AvgIpc) is 2.18. The number of hydrogen-bond acceptors (Lipinski definition) is 1. The van der Waals surface area contributed by atoms with E-state index in [0.717, 1.165) is 5.88 Å². The smallest absolute Gasteiger partial charge is 0.0380 e. The van der Waals surface area contributed by atoms with Crippen LogP contribution in [0.15, 0.2) is 30.3 Å². The molecule has 1 aromatic carbocycles. The van der Waals surface area contributed by atoms with Gasteiger partial charge in [-0.05, 0) is 18.9 Å². The lowest BCUT2D eigenvalue weighted by molar-refractivity contribution is 0.0627. The number of halogens is 1. The zero-order chi connectivity index (χ0) is 9.97. The summed E-state index contributed by atoms with van der Waals surface area (Å²) in [6.45, 7) is 3.45. The lowest BCUT2D eigenvalue weighted by Gasteiger charge is -2.44. The van der Waals surface area contributed by atoms with Crippen LogP contribution in [0.25, 0.3) is 0 Å². The highest BCUT2D eigenvalue weighted by Crippen LogP contribution is 2.30. The molecule has 1 fully saturated rings. The molecule has 1 aromatic rings. The molecule has 0 unspecified atom stereocenters. The summed E-state index contributed by atoms with van der Waals surface area (Å²) in [6.07, 6.45) is 1.25. The summed E-state index contributed by atoms with van der Waals surface area (Å²) in [6, 6.07) is 11.7. The van der Waals surface area contributed by atoms with E-state index in [9.17, 15) is 0 Å². The van der Waals surface area contributed by atoms with Crippen LogP contribution in [-0.4, -0.2) is 23.4 Å². The molecule has 1 nitrogen and oxygen atoms in total. The van der Waals surface area contributed by atoms with E-state index in [4.69, 9.17) is 11.6 Å². The summed E-state index contributed by atoms with van der Waals surface area (Å²) < 4.78 is 0. The lowest BCUT2D eigenvalue weighted by atomic mass is 9.98. The molecule has 0 saturated carbocycles. The molecule has 2 rings (SSSR count). The van der Waals surface area contributed by atoms with Gasteiger partial charge in [-0.15, -0.1) is 11.6 Å². The van der Waals surface area contributed by atoms with Crippen molar-refractivity contribution < 1.29 is 0 Å². The first-order valence-electron chi connectivity index (χ1n) is 5.19. The van der Waals surface area contributed by atoms with E-state index in [1.807, 2.05) is 0 Å². The quantitative estimate of drug-likeness (QED) is 0.692. The molecule has 0 spiro atoms. The van der Waals surface area contributed by atoms with Gasteiger partial charge in [-0.25, -0.2) is 0 Å². The summed E-state index contributed by atoms with van der Waals surface area (Å²) >= 11 is 5.89. The lowest BCUT2D eigenvalue weighted by Crippen LogP contribution is -2.49. The van der Waals surface area contributed by atoms with Gasteiger partial charge in [-0.1, -0.05) is 30.3 Å². The first-order chi connectivity index (χ1) is 6.83. The molecule has 0 aliphatic carbocycles. The topological polar surface area (TPSA) is 3.24 Å². The third-order valence-electron chi connectivity index (χ3n) is 3.15. The number of alkyl halides is 1. The van der Waals surface area contributed by atoms with Crippen LogP contribution in [0.2, 0.25) is 0 Å². The normalized spacial score (nSPS) is 24.3. The van der Waals surface area contributed by atoms with Crippen molar-refractivity contribution in [3.8, 4) is 0 Å². The van der Waals surface area contributed by atoms with Crippen LogP contribution in [0, 0.1) is 0 Å². The molecule has 2 heteroatoms. The van der Waals surface area contributed by atoms with Gasteiger partial charge in [0.25, 0.3) is 0 Å². The van der Waals surface area contributed by atoms with Gasteiger partial charge in [0, 0.05) is 24.5 Å². The fourth-order valence-corrected chi connectivity index (χ4v) is 2.39. The van der Waals surface area contributed by atoms with Crippen molar-refractivity contribution in [1.82, 2.24) is 4.90 Å². The van der Waals surface area contributed by atoms with Crippen molar-refractivity contribution in [2.75, 3.05) is 12.4 Å². The molecule has 76 valence electrons. The van der Waals surface area contributed by atoms with Crippen molar-refractivity contribution in [1.29, 1.82) is 0 Å². The van der Waals surface area contributed by atoms with E-state index in [2.05, 4.69) is 42.2 Å². The highest BCUT2D eigenvalue weighted by Gasteiger charge is 2.31. The Kier molecular flexibility index (Phi) is 3.09. The Balaban J connectivity index is 2.05. The highest BCUT2D eigenvalue weighted by molar-refractivity contribution is 6.18. The largest absolute Gasteiger partial charge is 0.292 e. The van der Waals surface area contributed by atoms with Crippen LogP contribution in [0.3, 0.4) is 0 Å². The van der Waals surface area contributed by atoms with Gasteiger partial charge in [-0.3, -0.25) is 4.90 Å². The van der Waals surface area contributed by atoms with E-state index >= 15 is 0 Å². The van der Waals surface area contributed by atoms with Gasteiger partial charge in [0.2, 0.25) is 0 Å². The number of hydrogen-bond donors (Lipinski definition) is 0. The van der Waals surface area contributed by atoms with Crippen LogP contribution in [-0.2, 0) is 0 Å². The Bertz CT molecular complexity index is 284. The summed E-state index contributed by atoms with van der Waals surface area (Å²) in [7, 11) is 0. The van der Waals surface area contributed by atoms with Gasteiger partial charge in [0.05, 0.1) is 0 Å². The average molecular weight is 210 g/mol. The third kappa shape index (κ3) is 1.79. The fourth-order valence-electron chi connectivity index (χ4n) is 2.06. The standard InChI is InChI=1S/C12H16ClN/c1-10(11-5-3-2-4-6-11)14-8-7-12(14)9-13/h2-6,10,12H,7-9H2,1H3/t10-,12+/m0/s1. The van der Waals surface area contributed by atoms with Gasteiger partial charge >= 0.3 is 0 Å². The van der Waals surface area contributed by atoms with Gasteiger partial charge < -0.3 is 0 Å². The molecule has 1 aliphatic heterocycles. The molecule has 0 bridgehead atoms. The summed E-state index contributed by atoms with van der Waals surface area (Å²) in [5.74, 6) is 0.761. The molecule has 0 N–H and O–H groups in total. The van der Waals surface area contributed by atoms with Crippen molar-refractivity contribution in [3.63, 3.8) is 0 Å². The SMILES string of the molecule is C[C@@H](c1ccccc1)N1CC[C@@H]1CCl. The van der Waals surface area contributed by atoms with E-state index in [-0.39, 0.29) is 0 Å². The minimum Gasteiger partial charge on any atom is -0.292 e. The predicted molar refractivity (Wildman–Crippen MR) is 60.7 cm³/mol. The highest BCUT2D eigenvalue weighted by atomic mass is 35.5. The molecular formula is C12H16ClN. The van der Waals surface area contributed by atoms with Gasteiger partial charge in [0.15, 0.2) is 0 Å². The zero-order valence-electron chi connectivity index (χ0n) is 8.49. The van der Waals surface area contributed by atoms with Crippen LogP contribution in [0.5, 0.6) is 0 Å². The molecule has 1 heterocycles. The third-order valence-corrected chi connectivity index (χ3v) is 3.50. The Labute approximate surface area is 90.7 Å². The molecule has 2 atom stereocenters. The fraction of sp³-hybridized carbons (Fsp3) is 0.500. The monoisotopic (exact) mass is 209 g/mol. The first-order valence-corrected chi connectivity index (χ1v) is 5.73. The molecule has 0 aromatic heterocycles. The first kappa shape index (κ1) is 10.0. The molecule has 1 saturated heterocycles. The maximum atomic E-state index is 5.89. The zero-order valence-corrected chi connectivity index (χ0v) is 9.24. The summed E-state index contributed by atoms with van der Waals surface area (Å²) in [5, 5.41) is 0. The number of rotatable bonds is 3. The Morgan fingerprint density at radius 3 is 2.64 bits per heavy atom. The van der Waals surface area contributed by atoms with Crippen molar-refractivity contribution >= 4 is 11.6 Å². The van der Waals surface area contributed by atoms with Crippen LogP contribution in [0.4, 0.5) is 0 Å². The molecule has 0 amide bonds. The Morgan fingerprint density at radius 1 is 1.43 bits per heavy atom. The second-order valence-corrected chi connectivity index (χ2v) is 4.23. The summed E-state index contributed by atoms with van der Waals surface area (Å²) in [5.41, 5.74) is 1.39. The maximum Gasteiger partial charge on any atom is 0.0380 e. The Hall–Kier alpha value is -0.530. The predicted octanol–water partition coefficient (Wildman–Crippen LogP) is 3.06. The number of likely N-dealkylation sites (tertiary alicyclic amines) is 1. The van der Waals surface area contributed by atoms with Crippen LogP contribution in [0.1, 0.15) is 24.9 Å². The van der Waals surface area contributed by atoms with E-state index in [1.54, 1.807) is 0 Å². The number of benzene rings is 1. The van der Waals surface area contributed by atoms with Crippen LogP contribution >= 0.6 is 11.6 Å².